The van der Waals surface area contributed by atoms with Crippen molar-refractivity contribution in [3.8, 4) is 0 Å². The van der Waals surface area contributed by atoms with Gasteiger partial charge in [0, 0.05) is 11.0 Å². The van der Waals surface area contributed by atoms with Crippen molar-refractivity contribution in [1.29, 1.82) is 0 Å². The van der Waals surface area contributed by atoms with Gasteiger partial charge in [0.2, 0.25) is 5.91 Å². The zero-order valence-electron chi connectivity index (χ0n) is 12.4. The number of carbonyl (C=O) groups is 1. The summed E-state index contributed by atoms with van der Waals surface area (Å²) in [5.41, 5.74) is 7.05. The monoisotopic (exact) mass is 350 g/mol. The van der Waals surface area contributed by atoms with Gasteiger partial charge in [-0.1, -0.05) is 47.3 Å². The molecular formula is C17H23BrN2O. The van der Waals surface area contributed by atoms with Crippen LogP contribution in [0.3, 0.4) is 0 Å². The van der Waals surface area contributed by atoms with Gasteiger partial charge < -0.3 is 10.6 Å². The molecule has 1 aromatic carbocycles. The van der Waals surface area contributed by atoms with Crippen LogP contribution in [0, 0.1) is 0 Å². The predicted molar refractivity (Wildman–Crippen MR) is 87.8 cm³/mol. The molecule has 1 aliphatic heterocycles. The zero-order valence-corrected chi connectivity index (χ0v) is 13.9. The summed E-state index contributed by atoms with van der Waals surface area (Å²) in [6, 6.07) is 8.50. The van der Waals surface area contributed by atoms with Gasteiger partial charge in [0.25, 0.3) is 0 Å². The lowest BCUT2D eigenvalue weighted by Gasteiger charge is -2.37. The average molecular weight is 351 g/mol. The van der Waals surface area contributed by atoms with Gasteiger partial charge in [0.15, 0.2) is 0 Å². The maximum atomic E-state index is 13.0. The van der Waals surface area contributed by atoms with E-state index in [1.807, 2.05) is 17.0 Å². The Morgan fingerprint density at radius 3 is 2.71 bits per heavy atom. The largest absolute Gasteiger partial charge is 0.334 e. The first-order chi connectivity index (χ1) is 10.1. The van der Waals surface area contributed by atoms with E-state index < -0.39 is 5.54 Å². The molecule has 0 spiro atoms. The van der Waals surface area contributed by atoms with E-state index in [-0.39, 0.29) is 11.9 Å². The minimum Gasteiger partial charge on any atom is -0.334 e. The molecule has 2 aliphatic rings. The highest BCUT2D eigenvalue weighted by atomic mass is 79.9. The van der Waals surface area contributed by atoms with Crippen molar-refractivity contribution in [1.82, 2.24) is 4.90 Å². The predicted octanol–water partition coefficient (Wildman–Crippen LogP) is 3.77. The minimum absolute atomic E-state index is 0.171. The molecule has 21 heavy (non-hydrogen) atoms. The average Bonchev–Trinajstić information content (AvgIpc) is 2.96. The molecule has 0 aromatic heterocycles. The van der Waals surface area contributed by atoms with Gasteiger partial charge >= 0.3 is 0 Å². The van der Waals surface area contributed by atoms with Crippen molar-refractivity contribution >= 4 is 21.8 Å². The van der Waals surface area contributed by atoms with Gasteiger partial charge in [-0.2, -0.15) is 0 Å². The standard InChI is InChI=1S/C17H23BrN2O/c18-14-7-4-6-13(12-14)15-8-5-11-20(15)16(21)17(19)9-2-1-3-10-17/h4,6-7,12,15H,1-3,5,8-11,19H2. The first kappa shape index (κ1) is 15.0. The topological polar surface area (TPSA) is 46.3 Å². The third kappa shape index (κ3) is 3.02. The van der Waals surface area contributed by atoms with Crippen LogP contribution in [0.5, 0.6) is 0 Å². The normalized spacial score (nSPS) is 25.0. The summed E-state index contributed by atoms with van der Waals surface area (Å²) in [5.74, 6) is 0.171. The van der Waals surface area contributed by atoms with Gasteiger partial charge in [0.1, 0.15) is 0 Å². The fourth-order valence-corrected chi connectivity index (χ4v) is 4.17. The molecule has 1 saturated heterocycles. The zero-order chi connectivity index (χ0) is 14.9. The molecule has 2 fully saturated rings. The van der Waals surface area contributed by atoms with Crippen LogP contribution in [0.15, 0.2) is 28.7 Å². The number of rotatable bonds is 2. The number of carbonyl (C=O) groups excluding carboxylic acids is 1. The van der Waals surface area contributed by atoms with E-state index in [2.05, 4.69) is 28.1 Å². The SMILES string of the molecule is NC1(C(=O)N2CCCC2c2cccc(Br)c2)CCCCC1. The second-order valence-corrected chi connectivity index (χ2v) is 7.34. The van der Waals surface area contributed by atoms with Crippen molar-refractivity contribution in [2.24, 2.45) is 5.73 Å². The van der Waals surface area contributed by atoms with E-state index in [0.29, 0.717) is 0 Å². The Morgan fingerprint density at radius 1 is 1.24 bits per heavy atom. The second-order valence-electron chi connectivity index (χ2n) is 6.43. The number of nitrogens with zero attached hydrogens (tertiary/aromatic N) is 1. The number of likely N-dealkylation sites (tertiary alicyclic amines) is 1. The summed E-state index contributed by atoms with van der Waals surface area (Å²) in [7, 11) is 0. The Bertz CT molecular complexity index is 525. The third-order valence-electron chi connectivity index (χ3n) is 4.92. The van der Waals surface area contributed by atoms with Crippen LogP contribution in [0.1, 0.15) is 56.6 Å². The van der Waals surface area contributed by atoms with E-state index in [4.69, 9.17) is 5.73 Å². The summed E-state index contributed by atoms with van der Waals surface area (Å²) in [4.78, 5) is 15.0. The number of hydrogen-bond donors (Lipinski definition) is 1. The van der Waals surface area contributed by atoms with Crippen molar-refractivity contribution in [2.75, 3.05) is 6.54 Å². The van der Waals surface area contributed by atoms with Crippen LogP contribution in [-0.4, -0.2) is 22.9 Å². The molecule has 0 bridgehead atoms. The minimum atomic E-state index is -0.618. The molecule has 1 atom stereocenters. The Labute approximate surface area is 135 Å². The lowest BCUT2D eigenvalue weighted by molar-refractivity contribution is -0.139. The fraction of sp³-hybridized carbons (Fsp3) is 0.588. The molecule has 1 unspecified atom stereocenters. The molecule has 2 N–H and O–H groups in total. The molecule has 114 valence electrons. The molecular weight excluding hydrogens is 328 g/mol. The fourth-order valence-electron chi connectivity index (χ4n) is 3.75. The summed E-state index contributed by atoms with van der Waals surface area (Å²) < 4.78 is 1.07. The highest BCUT2D eigenvalue weighted by Gasteiger charge is 2.42. The molecule has 3 nitrogen and oxygen atoms in total. The van der Waals surface area contributed by atoms with Crippen LogP contribution in [0.25, 0.3) is 0 Å². The first-order valence-electron chi connectivity index (χ1n) is 7.96. The Hall–Kier alpha value is -0.870. The Balaban J connectivity index is 1.82. The van der Waals surface area contributed by atoms with E-state index >= 15 is 0 Å². The van der Waals surface area contributed by atoms with Crippen LogP contribution >= 0.6 is 15.9 Å². The molecule has 0 radical (unpaired) electrons. The molecule has 1 saturated carbocycles. The lowest BCUT2D eigenvalue weighted by atomic mass is 9.81. The summed E-state index contributed by atoms with van der Waals surface area (Å²) in [5, 5.41) is 0. The van der Waals surface area contributed by atoms with Gasteiger partial charge in [-0.25, -0.2) is 0 Å². The summed E-state index contributed by atoms with van der Waals surface area (Å²) >= 11 is 3.53. The van der Waals surface area contributed by atoms with Crippen LogP contribution in [-0.2, 0) is 4.79 Å². The van der Waals surface area contributed by atoms with Gasteiger partial charge in [-0.15, -0.1) is 0 Å². The Morgan fingerprint density at radius 2 is 2.00 bits per heavy atom. The molecule has 1 aromatic rings. The Kier molecular flexibility index (Phi) is 4.36. The maximum Gasteiger partial charge on any atom is 0.243 e. The molecule has 4 heteroatoms. The smallest absolute Gasteiger partial charge is 0.243 e. The van der Waals surface area contributed by atoms with Crippen LogP contribution in [0.4, 0.5) is 0 Å². The van der Waals surface area contributed by atoms with Gasteiger partial charge in [0.05, 0.1) is 11.6 Å². The maximum absolute atomic E-state index is 13.0. The second kappa shape index (κ2) is 6.09. The molecule has 1 amide bonds. The number of nitrogens with two attached hydrogens (primary N) is 1. The van der Waals surface area contributed by atoms with Gasteiger partial charge in [-0.05, 0) is 43.4 Å². The highest BCUT2D eigenvalue weighted by molar-refractivity contribution is 9.10. The number of halogens is 1. The van der Waals surface area contributed by atoms with Crippen molar-refractivity contribution in [3.05, 3.63) is 34.3 Å². The van der Waals surface area contributed by atoms with E-state index in [9.17, 15) is 4.79 Å². The number of benzene rings is 1. The summed E-state index contributed by atoms with van der Waals surface area (Å²) in [6.45, 7) is 0.842. The highest BCUT2D eigenvalue weighted by Crippen LogP contribution is 2.37. The number of amides is 1. The lowest BCUT2D eigenvalue weighted by Crippen LogP contribution is -2.56. The third-order valence-corrected chi connectivity index (χ3v) is 5.41. The summed E-state index contributed by atoms with van der Waals surface area (Å²) in [6.07, 6.45) is 7.16. The molecule has 1 heterocycles. The van der Waals surface area contributed by atoms with Crippen molar-refractivity contribution in [3.63, 3.8) is 0 Å². The van der Waals surface area contributed by atoms with Gasteiger partial charge in [-0.3, -0.25) is 4.79 Å². The molecule has 1 aliphatic carbocycles. The van der Waals surface area contributed by atoms with E-state index in [1.54, 1.807) is 0 Å². The van der Waals surface area contributed by atoms with Crippen molar-refractivity contribution in [2.45, 2.75) is 56.5 Å². The first-order valence-corrected chi connectivity index (χ1v) is 8.75. The van der Waals surface area contributed by atoms with E-state index in [0.717, 1.165) is 49.5 Å². The van der Waals surface area contributed by atoms with Crippen LogP contribution in [0.2, 0.25) is 0 Å². The van der Waals surface area contributed by atoms with E-state index in [1.165, 1.54) is 12.0 Å². The van der Waals surface area contributed by atoms with Crippen LogP contribution < -0.4 is 5.73 Å². The van der Waals surface area contributed by atoms with Crippen molar-refractivity contribution < 1.29 is 4.79 Å². The number of hydrogen-bond acceptors (Lipinski definition) is 2. The quantitative estimate of drug-likeness (QED) is 0.882. The molecule has 3 rings (SSSR count).